The van der Waals surface area contributed by atoms with Gasteiger partial charge in [0, 0.05) is 12.1 Å². The van der Waals surface area contributed by atoms with Gasteiger partial charge in [0.1, 0.15) is 5.78 Å². The summed E-state index contributed by atoms with van der Waals surface area (Å²) in [4.78, 5) is 12.1. The van der Waals surface area contributed by atoms with Crippen molar-refractivity contribution in [3.63, 3.8) is 0 Å². The van der Waals surface area contributed by atoms with E-state index < -0.39 is 8.24 Å². The number of hydrazone groups is 1. The highest BCUT2D eigenvalue weighted by Crippen LogP contribution is 2.23. The molecule has 0 saturated heterocycles. The molecule has 0 amide bonds. The van der Waals surface area contributed by atoms with E-state index in [9.17, 15) is 4.79 Å². The lowest BCUT2D eigenvalue weighted by molar-refractivity contribution is -0.117. The first-order chi connectivity index (χ1) is 11.4. The minimum atomic E-state index is -1.75. The summed E-state index contributed by atoms with van der Waals surface area (Å²) in [5.41, 5.74) is 2.93. The molecule has 0 N–H and O–H groups in total. The van der Waals surface area contributed by atoms with E-state index in [1.807, 2.05) is 55.5 Å². The molecule has 3 nitrogen and oxygen atoms in total. The summed E-state index contributed by atoms with van der Waals surface area (Å²) >= 11 is 0. The van der Waals surface area contributed by atoms with Crippen molar-refractivity contribution in [2.45, 2.75) is 39.4 Å². The molecule has 0 bridgehead atoms. The van der Waals surface area contributed by atoms with Gasteiger partial charge in [-0.2, -0.15) is 5.10 Å². The summed E-state index contributed by atoms with van der Waals surface area (Å²) < 4.78 is 2.14. The minimum Gasteiger partial charge on any atom is -0.299 e. The highest BCUT2D eigenvalue weighted by molar-refractivity contribution is 6.79. The van der Waals surface area contributed by atoms with Gasteiger partial charge in [0.2, 0.25) is 0 Å². The molecule has 0 heterocycles. The fraction of sp³-hybridized carbons (Fsp3) is 0.300. The molecule has 0 spiro atoms. The Morgan fingerprint density at radius 2 is 1.50 bits per heavy atom. The van der Waals surface area contributed by atoms with E-state index in [0.29, 0.717) is 12.8 Å². The van der Waals surface area contributed by atoms with Gasteiger partial charge in [-0.05, 0) is 37.3 Å². The van der Waals surface area contributed by atoms with Gasteiger partial charge >= 0.3 is 0 Å². The van der Waals surface area contributed by atoms with Crippen LogP contribution in [0, 0.1) is 0 Å². The maximum atomic E-state index is 12.1. The van der Waals surface area contributed by atoms with Crippen molar-refractivity contribution in [1.82, 2.24) is 0 Å². The van der Waals surface area contributed by atoms with Gasteiger partial charge in [0.15, 0.2) is 8.24 Å². The van der Waals surface area contributed by atoms with Crippen LogP contribution in [0.15, 0.2) is 65.8 Å². The zero-order chi connectivity index (χ0) is 17.6. The maximum absolute atomic E-state index is 12.1. The zero-order valence-electron chi connectivity index (χ0n) is 15.0. The number of para-hydroxylation sites is 1. The third kappa shape index (κ3) is 4.90. The third-order valence-corrected chi connectivity index (χ3v) is 5.35. The molecule has 0 atom stereocenters. The maximum Gasteiger partial charge on any atom is 0.176 e. The fourth-order valence-corrected chi connectivity index (χ4v) is 3.77. The van der Waals surface area contributed by atoms with E-state index in [1.165, 1.54) is 0 Å². The number of hydrogen-bond acceptors (Lipinski definition) is 3. The first-order valence-corrected chi connectivity index (χ1v) is 11.9. The quantitative estimate of drug-likeness (QED) is 0.399. The summed E-state index contributed by atoms with van der Waals surface area (Å²) in [7, 11) is -1.75. The summed E-state index contributed by atoms with van der Waals surface area (Å²) in [6.45, 7) is 8.67. The van der Waals surface area contributed by atoms with Gasteiger partial charge in [-0.25, -0.2) is 0 Å². The Kier molecular flexibility index (Phi) is 6.09. The van der Waals surface area contributed by atoms with Crippen molar-refractivity contribution in [3.05, 3.63) is 66.2 Å². The summed E-state index contributed by atoms with van der Waals surface area (Å²) in [6.07, 6.45) is 0.901. The second kappa shape index (κ2) is 8.06. The number of nitrogens with zero attached hydrogens (tertiary/aromatic N) is 2. The Bertz CT molecular complexity index is 691. The molecular formula is C20H26N2OSi. The predicted molar refractivity (Wildman–Crippen MR) is 105 cm³/mol. The molecule has 0 fully saturated rings. The van der Waals surface area contributed by atoms with Gasteiger partial charge in [-0.3, -0.25) is 9.47 Å². The zero-order valence-corrected chi connectivity index (χ0v) is 16.0. The first-order valence-electron chi connectivity index (χ1n) is 8.41. The Balaban J connectivity index is 2.49. The van der Waals surface area contributed by atoms with Crippen molar-refractivity contribution in [3.8, 4) is 0 Å². The van der Waals surface area contributed by atoms with E-state index in [2.05, 4.69) is 36.4 Å². The lowest BCUT2D eigenvalue weighted by atomic mass is 10.0. The molecule has 0 aliphatic carbocycles. The third-order valence-electron chi connectivity index (χ3n) is 3.72. The minimum absolute atomic E-state index is 0.209. The van der Waals surface area contributed by atoms with E-state index >= 15 is 0 Å². The molecule has 2 rings (SSSR count). The average Bonchev–Trinajstić information content (AvgIpc) is 2.58. The lowest BCUT2D eigenvalue weighted by Gasteiger charge is -2.32. The van der Waals surface area contributed by atoms with Gasteiger partial charge in [0.25, 0.3) is 0 Å². The Hall–Kier alpha value is -2.20. The Morgan fingerprint density at radius 3 is 2.00 bits per heavy atom. The van der Waals surface area contributed by atoms with Crippen LogP contribution < -0.4 is 4.67 Å². The molecule has 0 saturated carbocycles. The molecule has 126 valence electrons. The number of Topliss-reactive ketones (excluding diaryl/α,β-unsaturated/α-hetero) is 1. The van der Waals surface area contributed by atoms with Crippen molar-refractivity contribution < 1.29 is 4.79 Å². The van der Waals surface area contributed by atoms with E-state index in [-0.39, 0.29) is 5.78 Å². The Morgan fingerprint density at radius 1 is 0.958 bits per heavy atom. The van der Waals surface area contributed by atoms with Crippen LogP contribution in [0.25, 0.3) is 0 Å². The second-order valence-electron chi connectivity index (χ2n) is 6.80. The number of rotatable bonds is 7. The second-order valence-corrected chi connectivity index (χ2v) is 11.6. The van der Waals surface area contributed by atoms with Crippen molar-refractivity contribution >= 4 is 25.4 Å². The van der Waals surface area contributed by atoms with Crippen molar-refractivity contribution in [2.75, 3.05) is 4.67 Å². The fourth-order valence-electron chi connectivity index (χ4n) is 2.42. The van der Waals surface area contributed by atoms with Gasteiger partial charge < -0.3 is 0 Å². The SMILES string of the molecule is CCC(=O)C/C(=N\N(c1ccccc1)[Si](C)(C)C)c1ccccc1. The first kappa shape index (κ1) is 18.1. The summed E-state index contributed by atoms with van der Waals surface area (Å²) in [5.74, 6) is 0.209. The predicted octanol–water partition coefficient (Wildman–Crippen LogP) is 5.10. The van der Waals surface area contributed by atoms with Crippen LogP contribution in [0.2, 0.25) is 19.6 Å². The number of benzene rings is 2. The van der Waals surface area contributed by atoms with Crippen LogP contribution in [0.1, 0.15) is 25.3 Å². The normalized spacial score (nSPS) is 12.1. The highest BCUT2D eigenvalue weighted by atomic mass is 28.3. The highest BCUT2D eigenvalue weighted by Gasteiger charge is 2.25. The number of anilines is 1. The van der Waals surface area contributed by atoms with Crippen LogP contribution in [0.4, 0.5) is 5.69 Å². The van der Waals surface area contributed by atoms with E-state index in [1.54, 1.807) is 0 Å². The number of carbonyl (C=O) groups is 1. The number of ketones is 1. The largest absolute Gasteiger partial charge is 0.299 e. The molecule has 24 heavy (non-hydrogen) atoms. The smallest absolute Gasteiger partial charge is 0.176 e. The monoisotopic (exact) mass is 338 g/mol. The molecule has 0 unspecified atom stereocenters. The Labute approximate surface area is 146 Å². The topological polar surface area (TPSA) is 32.7 Å². The average molecular weight is 339 g/mol. The van der Waals surface area contributed by atoms with Crippen LogP contribution in [-0.4, -0.2) is 19.7 Å². The van der Waals surface area contributed by atoms with Crippen LogP contribution in [0.3, 0.4) is 0 Å². The van der Waals surface area contributed by atoms with Crippen LogP contribution in [-0.2, 0) is 4.79 Å². The molecule has 0 aliphatic heterocycles. The number of hydrogen-bond donors (Lipinski definition) is 0. The summed E-state index contributed by atoms with van der Waals surface area (Å²) in [5, 5.41) is 4.97. The molecular weight excluding hydrogens is 312 g/mol. The van der Waals surface area contributed by atoms with Gasteiger partial charge in [-0.1, -0.05) is 55.5 Å². The molecule has 2 aromatic rings. The molecule has 0 radical (unpaired) electrons. The van der Waals surface area contributed by atoms with E-state index in [4.69, 9.17) is 5.10 Å². The van der Waals surface area contributed by atoms with Crippen molar-refractivity contribution in [1.29, 1.82) is 0 Å². The van der Waals surface area contributed by atoms with E-state index in [0.717, 1.165) is 17.0 Å². The van der Waals surface area contributed by atoms with Gasteiger partial charge in [0.05, 0.1) is 12.1 Å². The summed E-state index contributed by atoms with van der Waals surface area (Å²) in [6, 6.07) is 20.2. The number of carbonyl (C=O) groups excluding carboxylic acids is 1. The molecule has 2 aromatic carbocycles. The van der Waals surface area contributed by atoms with Crippen LogP contribution >= 0.6 is 0 Å². The van der Waals surface area contributed by atoms with Crippen LogP contribution in [0.5, 0.6) is 0 Å². The van der Waals surface area contributed by atoms with Crippen molar-refractivity contribution in [2.24, 2.45) is 5.10 Å². The van der Waals surface area contributed by atoms with Gasteiger partial charge in [-0.15, -0.1) is 0 Å². The molecule has 0 aromatic heterocycles. The lowest BCUT2D eigenvalue weighted by Crippen LogP contribution is -2.43. The molecule has 0 aliphatic rings. The standard InChI is InChI=1S/C20H26N2OSi/c1-5-19(23)16-20(17-12-8-6-9-13-17)21-22(24(2,3)4)18-14-10-7-11-15-18/h6-15H,5,16H2,1-4H3/b21-20+. The molecule has 4 heteroatoms.